The molecule has 102 valence electrons. The summed E-state index contributed by atoms with van der Waals surface area (Å²) in [6.07, 6.45) is 0. The first-order valence-corrected chi connectivity index (χ1v) is 6.75. The normalized spacial score (nSPS) is 10.0. The van der Waals surface area contributed by atoms with Gasteiger partial charge in [0.05, 0.1) is 0 Å². The van der Waals surface area contributed by atoms with Gasteiger partial charge in [0.15, 0.2) is 0 Å². The average Bonchev–Trinajstić information content (AvgIpc) is 2.45. The predicted octanol–water partition coefficient (Wildman–Crippen LogP) is 1.55. The quantitative estimate of drug-likeness (QED) is 0.687. The summed E-state index contributed by atoms with van der Waals surface area (Å²) in [7, 11) is 3.03. The monoisotopic (exact) mass is 332 g/mol. The number of aryl methyl sites for hydroxylation is 1. The van der Waals surface area contributed by atoms with Crippen molar-refractivity contribution in [1.29, 1.82) is 0 Å². The Kier molecular flexibility index (Phi) is 3.96. The Hall–Kier alpha value is -2.06. The van der Waals surface area contributed by atoms with Gasteiger partial charge in [0.25, 0.3) is 5.56 Å². The van der Waals surface area contributed by atoms with Crippen LogP contribution in [0.1, 0.15) is 16.8 Å². The van der Waals surface area contributed by atoms with Crippen LogP contribution in [0.25, 0.3) is 0 Å². The number of hydrogen-bond donors (Lipinski definition) is 0. The summed E-state index contributed by atoms with van der Waals surface area (Å²) in [4.78, 5) is 23.7. The van der Waals surface area contributed by atoms with Crippen molar-refractivity contribution in [3.63, 3.8) is 0 Å². The van der Waals surface area contributed by atoms with Gasteiger partial charge < -0.3 is 0 Å². The van der Waals surface area contributed by atoms with Crippen molar-refractivity contribution in [2.24, 2.45) is 14.1 Å². The van der Waals surface area contributed by atoms with Crippen LogP contribution in [0.5, 0.6) is 0 Å². The molecular weight excluding hydrogens is 320 g/mol. The standard InChI is InChI=1S/C15H13BrN2O2/c1-10-4-6-11(7-5-10)8-9-12-13(16)14(19)18(3)15(20)17(12)2/h4-7H,1-3H3. The fourth-order valence-corrected chi connectivity index (χ4v) is 2.34. The minimum Gasteiger partial charge on any atom is -0.288 e. The number of nitrogens with zero attached hydrogens (tertiary/aromatic N) is 2. The van der Waals surface area contributed by atoms with E-state index in [0.717, 1.165) is 15.7 Å². The molecule has 1 heterocycles. The number of benzene rings is 1. The highest BCUT2D eigenvalue weighted by atomic mass is 79.9. The Morgan fingerprint density at radius 1 is 1.00 bits per heavy atom. The zero-order valence-electron chi connectivity index (χ0n) is 11.4. The zero-order chi connectivity index (χ0) is 14.9. The van der Waals surface area contributed by atoms with Gasteiger partial charge in [0, 0.05) is 19.7 Å². The molecule has 0 atom stereocenters. The Balaban J connectivity index is 2.59. The van der Waals surface area contributed by atoms with Crippen LogP contribution in [0.4, 0.5) is 0 Å². The largest absolute Gasteiger partial charge is 0.331 e. The molecule has 5 heteroatoms. The molecule has 0 bridgehead atoms. The van der Waals surface area contributed by atoms with Gasteiger partial charge in [-0.1, -0.05) is 23.6 Å². The molecule has 2 aromatic rings. The Morgan fingerprint density at radius 2 is 1.60 bits per heavy atom. The topological polar surface area (TPSA) is 44.0 Å². The van der Waals surface area contributed by atoms with Gasteiger partial charge in [-0.05, 0) is 40.9 Å². The van der Waals surface area contributed by atoms with Gasteiger partial charge in [-0.3, -0.25) is 13.9 Å². The van der Waals surface area contributed by atoms with E-state index in [2.05, 4.69) is 27.8 Å². The maximum absolute atomic E-state index is 11.9. The second-order valence-electron chi connectivity index (χ2n) is 4.48. The number of hydrogen-bond acceptors (Lipinski definition) is 2. The van der Waals surface area contributed by atoms with Gasteiger partial charge in [0.2, 0.25) is 0 Å². The summed E-state index contributed by atoms with van der Waals surface area (Å²) < 4.78 is 2.69. The second-order valence-corrected chi connectivity index (χ2v) is 5.28. The van der Waals surface area contributed by atoms with Crippen molar-refractivity contribution in [3.05, 3.63) is 66.4 Å². The van der Waals surface area contributed by atoms with Gasteiger partial charge in [0.1, 0.15) is 10.2 Å². The molecule has 1 aromatic carbocycles. The molecule has 0 aliphatic carbocycles. The molecule has 0 aliphatic rings. The van der Waals surface area contributed by atoms with E-state index in [4.69, 9.17) is 0 Å². The van der Waals surface area contributed by atoms with Crippen molar-refractivity contribution in [3.8, 4) is 11.8 Å². The highest BCUT2D eigenvalue weighted by Gasteiger charge is 2.11. The van der Waals surface area contributed by atoms with Crippen molar-refractivity contribution in [2.75, 3.05) is 0 Å². The first kappa shape index (κ1) is 14.4. The Morgan fingerprint density at radius 3 is 2.20 bits per heavy atom. The van der Waals surface area contributed by atoms with E-state index in [1.54, 1.807) is 7.05 Å². The van der Waals surface area contributed by atoms with Crippen LogP contribution < -0.4 is 11.2 Å². The lowest BCUT2D eigenvalue weighted by Crippen LogP contribution is -2.38. The first-order valence-electron chi connectivity index (χ1n) is 5.96. The summed E-state index contributed by atoms with van der Waals surface area (Å²) in [6.45, 7) is 2.00. The fourth-order valence-electron chi connectivity index (χ4n) is 1.71. The van der Waals surface area contributed by atoms with Crippen LogP contribution >= 0.6 is 15.9 Å². The molecule has 0 spiro atoms. The van der Waals surface area contributed by atoms with Crippen LogP contribution in [0.3, 0.4) is 0 Å². The molecule has 0 radical (unpaired) electrons. The molecule has 0 saturated heterocycles. The van der Waals surface area contributed by atoms with Crippen LogP contribution in [0.15, 0.2) is 38.3 Å². The van der Waals surface area contributed by atoms with Crippen molar-refractivity contribution in [1.82, 2.24) is 9.13 Å². The lowest BCUT2D eigenvalue weighted by Gasteiger charge is -2.06. The van der Waals surface area contributed by atoms with Crippen molar-refractivity contribution < 1.29 is 0 Å². The van der Waals surface area contributed by atoms with E-state index in [1.807, 2.05) is 31.2 Å². The van der Waals surface area contributed by atoms with E-state index < -0.39 is 5.69 Å². The molecule has 0 unspecified atom stereocenters. The van der Waals surface area contributed by atoms with Crippen molar-refractivity contribution in [2.45, 2.75) is 6.92 Å². The van der Waals surface area contributed by atoms with E-state index in [0.29, 0.717) is 10.2 Å². The molecule has 0 N–H and O–H groups in total. The summed E-state index contributed by atoms with van der Waals surface area (Å²) in [6, 6.07) is 7.72. The Bertz CT molecular complexity index is 796. The zero-order valence-corrected chi connectivity index (χ0v) is 13.0. The van der Waals surface area contributed by atoms with E-state index in [9.17, 15) is 9.59 Å². The minimum atomic E-state index is -0.397. The van der Waals surface area contributed by atoms with Crippen LogP contribution in [0.2, 0.25) is 0 Å². The molecule has 0 saturated carbocycles. The molecule has 1 aromatic heterocycles. The summed E-state index contributed by atoms with van der Waals surface area (Å²) in [5, 5.41) is 0. The SMILES string of the molecule is Cc1ccc(C#Cc2c(Br)c(=O)n(C)c(=O)n2C)cc1. The van der Waals surface area contributed by atoms with Gasteiger partial charge in [-0.2, -0.15) is 0 Å². The summed E-state index contributed by atoms with van der Waals surface area (Å²) >= 11 is 3.21. The molecule has 0 fully saturated rings. The highest BCUT2D eigenvalue weighted by Crippen LogP contribution is 2.08. The average molecular weight is 333 g/mol. The minimum absolute atomic E-state index is 0.293. The van der Waals surface area contributed by atoms with E-state index >= 15 is 0 Å². The lowest BCUT2D eigenvalue weighted by molar-refractivity contribution is 0.673. The summed E-state index contributed by atoms with van der Waals surface area (Å²) in [5.41, 5.74) is 1.57. The smallest absolute Gasteiger partial charge is 0.288 e. The molecule has 0 aliphatic heterocycles. The van der Waals surface area contributed by atoms with Gasteiger partial charge in [-0.15, -0.1) is 0 Å². The van der Waals surface area contributed by atoms with Crippen LogP contribution in [-0.4, -0.2) is 9.13 Å². The van der Waals surface area contributed by atoms with E-state index in [1.165, 1.54) is 11.6 Å². The first-order chi connectivity index (χ1) is 9.41. The Labute approximate surface area is 124 Å². The van der Waals surface area contributed by atoms with Gasteiger partial charge >= 0.3 is 5.69 Å². The lowest BCUT2D eigenvalue weighted by atomic mass is 10.1. The van der Waals surface area contributed by atoms with Gasteiger partial charge in [-0.25, -0.2) is 4.79 Å². The van der Waals surface area contributed by atoms with Crippen molar-refractivity contribution >= 4 is 15.9 Å². The third-order valence-corrected chi connectivity index (χ3v) is 3.70. The van der Waals surface area contributed by atoms with E-state index in [-0.39, 0.29) is 5.56 Å². The maximum Gasteiger partial charge on any atom is 0.331 e. The molecule has 4 nitrogen and oxygen atoms in total. The number of rotatable bonds is 0. The second kappa shape index (κ2) is 5.51. The third-order valence-electron chi connectivity index (χ3n) is 2.99. The molecule has 0 amide bonds. The predicted molar refractivity (Wildman–Crippen MR) is 81.8 cm³/mol. The number of aromatic nitrogens is 2. The molecule has 2 rings (SSSR count). The maximum atomic E-state index is 11.9. The molecular formula is C15H13BrN2O2. The summed E-state index contributed by atoms with van der Waals surface area (Å²) in [5.74, 6) is 5.83. The highest BCUT2D eigenvalue weighted by molar-refractivity contribution is 9.10. The third kappa shape index (κ3) is 2.61. The fraction of sp³-hybridized carbons (Fsp3) is 0.200. The molecule has 20 heavy (non-hydrogen) atoms. The van der Waals surface area contributed by atoms with Crippen LogP contribution in [-0.2, 0) is 14.1 Å². The van der Waals surface area contributed by atoms with Crippen LogP contribution in [0, 0.1) is 18.8 Å². The number of halogens is 1.